The predicted molar refractivity (Wildman–Crippen MR) is 104 cm³/mol. The number of hydrogen-bond donors (Lipinski definition) is 2. The van der Waals surface area contributed by atoms with Gasteiger partial charge in [0.15, 0.2) is 17.5 Å². The van der Waals surface area contributed by atoms with E-state index in [1.54, 1.807) is 0 Å². The van der Waals surface area contributed by atoms with Gasteiger partial charge in [0, 0.05) is 43.8 Å². The minimum atomic E-state index is -4.73. The van der Waals surface area contributed by atoms with E-state index in [0.717, 1.165) is 9.47 Å². The highest BCUT2D eigenvalue weighted by atomic mass is 19.4. The van der Waals surface area contributed by atoms with Crippen LogP contribution >= 0.6 is 0 Å². The summed E-state index contributed by atoms with van der Waals surface area (Å²) in [6.07, 6.45) is -4.55. The van der Waals surface area contributed by atoms with Gasteiger partial charge in [0.1, 0.15) is 5.82 Å². The van der Waals surface area contributed by atoms with Crippen molar-refractivity contribution in [3.8, 4) is 0 Å². The molecule has 1 aromatic carbocycles. The van der Waals surface area contributed by atoms with E-state index in [4.69, 9.17) is 5.11 Å². The van der Waals surface area contributed by atoms with E-state index in [1.807, 2.05) is 0 Å². The van der Waals surface area contributed by atoms with Crippen molar-refractivity contribution >= 4 is 17.8 Å². The van der Waals surface area contributed by atoms with Crippen molar-refractivity contribution in [2.24, 2.45) is 0 Å². The Balaban J connectivity index is 1.77. The average molecular weight is 505 g/mol. The second-order valence-corrected chi connectivity index (χ2v) is 7.55. The molecule has 0 saturated heterocycles. The number of hydrogen-bond acceptors (Lipinski definition) is 5. The van der Waals surface area contributed by atoms with E-state index in [1.165, 1.54) is 0 Å². The molecule has 1 aromatic heterocycles. The molecule has 0 aliphatic carbocycles. The first kappa shape index (κ1) is 25.7. The second kappa shape index (κ2) is 10.1. The number of nitrogens with one attached hydrogen (secondary N) is 1. The van der Waals surface area contributed by atoms with Gasteiger partial charge in [-0.15, -0.1) is 10.2 Å². The topological polar surface area (TPSA) is 117 Å². The predicted octanol–water partition coefficient (Wildman–Crippen LogP) is 1.81. The van der Waals surface area contributed by atoms with Crippen molar-refractivity contribution < 1.29 is 45.8 Å². The van der Waals surface area contributed by atoms with E-state index in [0.29, 0.717) is 24.3 Å². The summed E-state index contributed by atoms with van der Waals surface area (Å²) in [5, 5.41) is 17.5. The van der Waals surface area contributed by atoms with Crippen LogP contribution in [-0.4, -0.2) is 55.1 Å². The molecular formula is C20H17F6N5O4. The Kier molecular flexibility index (Phi) is 7.45. The molecule has 9 nitrogen and oxygen atoms in total. The van der Waals surface area contributed by atoms with Gasteiger partial charge < -0.3 is 19.9 Å². The summed E-state index contributed by atoms with van der Waals surface area (Å²) in [6, 6.07) is -0.340. The fourth-order valence-corrected chi connectivity index (χ4v) is 3.48. The SMILES string of the molecule is O=C(O)/C=C/C(=O)N[C@@H](CC(=O)N1CCn2c(nnc2C(F)(F)F)C1)Cc1cc(F)c(F)cc1F. The number of alkyl halides is 3. The maximum Gasteiger partial charge on any atom is 0.451 e. The Hall–Kier alpha value is -3.91. The van der Waals surface area contributed by atoms with E-state index in [2.05, 4.69) is 15.5 Å². The van der Waals surface area contributed by atoms with Crippen LogP contribution in [0.25, 0.3) is 0 Å². The summed E-state index contributed by atoms with van der Waals surface area (Å²) < 4.78 is 80.8. The molecule has 2 N–H and O–H groups in total. The number of benzene rings is 1. The van der Waals surface area contributed by atoms with Crippen LogP contribution in [-0.2, 0) is 40.1 Å². The van der Waals surface area contributed by atoms with Crippen molar-refractivity contribution in [1.29, 1.82) is 0 Å². The first-order chi connectivity index (χ1) is 16.3. The number of rotatable bonds is 7. The average Bonchev–Trinajstić information content (AvgIpc) is 3.19. The molecule has 1 aliphatic heterocycles. The zero-order chi connectivity index (χ0) is 25.9. The molecule has 0 saturated carbocycles. The molecule has 188 valence electrons. The molecule has 0 spiro atoms. The molecule has 2 heterocycles. The third-order valence-corrected chi connectivity index (χ3v) is 5.06. The standard InChI is InChI=1S/C20H17F6N5O4/c21-12-8-14(23)13(22)6-10(12)5-11(27-16(32)1-2-18(34)35)7-17(33)30-3-4-31-15(9-30)28-29-19(31)20(24,25)26/h1-2,6,8,11H,3-5,7,9H2,(H,27,32)(H,34,35)/b2-1+/t11-/m1/s1. The molecule has 2 aromatic rings. The Labute approximate surface area is 193 Å². The van der Waals surface area contributed by atoms with Crippen molar-refractivity contribution in [3.05, 3.63) is 58.9 Å². The molecule has 0 unspecified atom stereocenters. The maximum atomic E-state index is 14.1. The Morgan fingerprint density at radius 1 is 1.06 bits per heavy atom. The summed E-state index contributed by atoms with van der Waals surface area (Å²) in [4.78, 5) is 36.6. The third kappa shape index (κ3) is 6.36. The van der Waals surface area contributed by atoms with Crippen LogP contribution in [0.1, 0.15) is 23.6 Å². The van der Waals surface area contributed by atoms with E-state index in [9.17, 15) is 40.7 Å². The number of carboxylic acid groups (broad SMARTS) is 1. The fraction of sp³-hybridized carbons (Fsp3) is 0.350. The van der Waals surface area contributed by atoms with Gasteiger partial charge in [0.05, 0.1) is 6.54 Å². The van der Waals surface area contributed by atoms with Crippen LogP contribution in [0, 0.1) is 17.5 Å². The van der Waals surface area contributed by atoms with Gasteiger partial charge in [0.25, 0.3) is 0 Å². The number of halogens is 6. The van der Waals surface area contributed by atoms with Gasteiger partial charge in [-0.05, 0) is 18.1 Å². The van der Waals surface area contributed by atoms with Crippen molar-refractivity contribution in [2.45, 2.75) is 38.1 Å². The summed E-state index contributed by atoms with van der Waals surface area (Å²) in [5.41, 5.74) is -0.363. The van der Waals surface area contributed by atoms with Gasteiger partial charge in [-0.3, -0.25) is 9.59 Å². The molecule has 0 bridgehead atoms. The molecule has 0 radical (unpaired) electrons. The molecular weight excluding hydrogens is 488 g/mol. The quantitative estimate of drug-likeness (QED) is 0.337. The maximum absolute atomic E-state index is 14.1. The second-order valence-electron chi connectivity index (χ2n) is 7.55. The molecule has 3 rings (SSSR count). The smallest absolute Gasteiger partial charge is 0.451 e. The normalized spacial score (nSPS) is 14.6. The number of nitrogens with zero attached hydrogens (tertiary/aromatic N) is 4. The number of carbonyl (C=O) groups excluding carboxylic acids is 2. The van der Waals surface area contributed by atoms with Crippen molar-refractivity contribution in [1.82, 2.24) is 25.0 Å². The lowest BCUT2D eigenvalue weighted by molar-refractivity contribution is -0.148. The van der Waals surface area contributed by atoms with Crippen LogP contribution in [0.2, 0.25) is 0 Å². The van der Waals surface area contributed by atoms with Gasteiger partial charge in [-0.1, -0.05) is 0 Å². The van der Waals surface area contributed by atoms with Crippen LogP contribution in [0.4, 0.5) is 26.3 Å². The lowest BCUT2D eigenvalue weighted by Gasteiger charge is -2.29. The molecule has 0 fully saturated rings. The molecule has 1 aliphatic rings. The van der Waals surface area contributed by atoms with Gasteiger partial charge in [-0.2, -0.15) is 13.2 Å². The van der Waals surface area contributed by atoms with E-state index >= 15 is 0 Å². The zero-order valence-corrected chi connectivity index (χ0v) is 17.7. The van der Waals surface area contributed by atoms with Crippen LogP contribution < -0.4 is 5.32 Å². The number of carboxylic acids is 1. The zero-order valence-electron chi connectivity index (χ0n) is 17.7. The lowest BCUT2D eigenvalue weighted by atomic mass is 10.0. The summed E-state index contributed by atoms with van der Waals surface area (Å²) in [6.45, 7) is -0.716. The number of aromatic nitrogens is 3. The minimum Gasteiger partial charge on any atom is -0.478 e. The minimum absolute atomic E-state index is 0.117. The largest absolute Gasteiger partial charge is 0.478 e. The molecule has 2 amide bonds. The molecule has 1 atom stereocenters. The first-order valence-corrected chi connectivity index (χ1v) is 9.97. The van der Waals surface area contributed by atoms with Gasteiger partial charge >= 0.3 is 12.1 Å². The van der Waals surface area contributed by atoms with E-state index < -0.39 is 66.1 Å². The lowest BCUT2D eigenvalue weighted by Crippen LogP contribution is -2.44. The van der Waals surface area contributed by atoms with Crippen LogP contribution in [0.15, 0.2) is 24.3 Å². The number of carbonyl (C=O) groups is 3. The van der Waals surface area contributed by atoms with Crippen molar-refractivity contribution in [2.75, 3.05) is 6.54 Å². The Bertz CT molecular complexity index is 1180. The van der Waals surface area contributed by atoms with Gasteiger partial charge in [0.2, 0.25) is 17.6 Å². The Morgan fingerprint density at radius 2 is 1.74 bits per heavy atom. The van der Waals surface area contributed by atoms with E-state index in [-0.39, 0.29) is 31.0 Å². The number of aliphatic carboxylic acids is 1. The highest BCUT2D eigenvalue weighted by Crippen LogP contribution is 2.29. The van der Waals surface area contributed by atoms with Gasteiger partial charge in [-0.25, -0.2) is 18.0 Å². The first-order valence-electron chi connectivity index (χ1n) is 9.97. The highest BCUT2D eigenvalue weighted by molar-refractivity contribution is 5.94. The Morgan fingerprint density at radius 3 is 2.40 bits per heavy atom. The third-order valence-electron chi connectivity index (χ3n) is 5.06. The van der Waals surface area contributed by atoms with Crippen LogP contribution in [0.5, 0.6) is 0 Å². The summed E-state index contributed by atoms with van der Waals surface area (Å²) in [7, 11) is 0. The highest BCUT2D eigenvalue weighted by Gasteiger charge is 2.40. The van der Waals surface area contributed by atoms with Crippen molar-refractivity contribution in [3.63, 3.8) is 0 Å². The molecule has 35 heavy (non-hydrogen) atoms. The number of fused-ring (bicyclic) bond motifs is 1. The monoisotopic (exact) mass is 505 g/mol. The fourth-order valence-electron chi connectivity index (χ4n) is 3.48. The number of amides is 2. The molecule has 15 heteroatoms. The van der Waals surface area contributed by atoms with Crippen LogP contribution in [0.3, 0.4) is 0 Å². The summed E-state index contributed by atoms with van der Waals surface area (Å²) in [5.74, 6) is -8.32. The summed E-state index contributed by atoms with van der Waals surface area (Å²) >= 11 is 0.